The summed E-state index contributed by atoms with van der Waals surface area (Å²) >= 11 is 9.92. The van der Waals surface area contributed by atoms with Crippen molar-refractivity contribution in [3.8, 4) is 11.3 Å². The number of nitrogens with two attached hydrogens (primary N) is 1. The van der Waals surface area contributed by atoms with E-state index in [-0.39, 0.29) is 31.9 Å². The molecule has 1 heterocycles. The van der Waals surface area contributed by atoms with Gasteiger partial charge >= 0.3 is 5.97 Å². The molecule has 0 aliphatic rings. The van der Waals surface area contributed by atoms with Crippen LogP contribution >= 0.6 is 23.2 Å². The minimum Gasteiger partial charge on any atom is -0.612 e. The Morgan fingerprint density at radius 2 is 2.09 bits per heavy atom. The lowest BCUT2D eigenvalue weighted by molar-refractivity contribution is 0.0691. The predicted octanol–water partition coefficient (Wildman–Crippen LogP) is 3.21. The van der Waals surface area contributed by atoms with Gasteiger partial charge in [0.25, 0.3) is 0 Å². The Kier molecular flexibility index (Phi) is 4.81. The number of aromatic nitrogens is 1. The molecule has 1 aromatic carbocycles. The highest BCUT2D eigenvalue weighted by Crippen LogP contribution is 2.34. The third-order valence-corrected chi connectivity index (χ3v) is 4.60. The summed E-state index contributed by atoms with van der Waals surface area (Å²) in [5.41, 5.74) is 4.97. The SMILES string of the molecule is C[S+]([O-])c1c(Cl)ccc(-c2cc(N)c(Cl)c(C(=O)O)n2)c1F. The second kappa shape index (κ2) is 6.29. The van der Waals surface area contributed by atoms with Gasteiger partial charge in [-0.15, -0.1) is 0 Å². The number of rotatable bonds is 3. The number of anilines is 1. The van der Waals surface area contributed by atoms with Gasteiger partial charge in [0.2, 0.25) is 4.90 Å². The molecule has 0 spiro atoms. The van der Waals surface area contributed by atoms with Crippen LogP contribution in [-0.4, -0.2) is 26.9 Å². The zero-order chi connectivity index (χ0) is 16.6. The maximum atomic E-state index is 14.5. The molecule has 0 amide bonds. The summed E-state index contributed by atoms with van der Waals surface area (Å²) < 4.78 is 26.1. The molecule has 1 aromatic heterocycles. The monoisotopic (exact) mass is 362 g/mol. The fraction of sp³-hybridized carbons (Fsp3) is 0.0769. The first-order valence-corrected chi connectivity index (χ1v) is 8.06. The Balaban J connectivity index is 2.73. The molecule has 2 aromatic rings. The number of nitrogens with zero attached hydrogens (tertiary/aromatic N) is 1. The second-order valence-electron chi connectivity index (χ2n) is 4.26. The van der Waals surface area contributed by atoms with Crippen LogP contribution < -0.4 is 5.73 Å². The van der Waals surface area contributed by atoms with E-state index in [9.17, 15) is 13.7 Å². The molecule has 0 saturated heterocycles. The van der Waals surface area contributed by atoms with Crippen molar-refractivity contribution >= 4 is 46.0 Å². The minimum absolute atomic E-state index is 0.00229. The van der Waals surface area contributed by atoms with Crippen LogP contribution in [0.5, 0.6) is 0 Å². The van der Waals surface area contributed by atoms with Crippen LogP contribution in [0.1, 0.15) is 10.5 Å². The van der Waals surface area contributed by atoms with Crippen LogP contribution in [0.2, 0.25) is 10.0 Å². The standard InChI is InChI=1S/C13H9Cl2FN2O3S/c1-22(21)12-6(14)3-2-5(10(12)16)8-4-7(17)9(15)11(18-8)13(19)20/h2-4H,1H3,(H2,17,18)(H,19,20). The zero-order valence-corrected chi connectivity index (χ0v) is 13.4. The summed E-state index contributed by atoms with van der Waals surface area (Å²) in [6.45, 7) is 0. The van der Waals surface area contributed by atoms with Crippen LogP contribution in [0.4, 0.5) is 10.1 Å². The first-order valence-electron chi connectivity index (χ1n) is 5.75. The molecule has 0 aliphatic carbocycles. The second-order valence-corrected chi connectivity index (χ2v) is 6.36. The number of halogens is 3. The number of carboxylic acids is 1. The van der Waals surface area contributed by atoms with Crippen molar-refractivity contribution in [1.82, 2.24) is 4.98 Å². The molecule has 9 heteroatoms. The van der Waals surface area contributed by atoms with Crippen molar-refractivity contribution in [2.75, 3.05) is 12.0 Å². The van der Waals surface area contributed by atoms with E-state index < -0.39 is 28.7 Å². The third kappa shape index (κ3) is 2.98. The van der Waals surface area contributed by atoms with Crippen molar-refractivity contribution in [2.24, 2.45) is 0 Å². The predicted molar refractivity (Wildman–Crippen MR) is 83.4 cm³/mol. The molecule has 0 bridgehead atoms. The van der Waals surface area contributed by atoms with Gasteiger partial charge < -0.3 is 15.4 Å². The molecule has 0 saturated carbocycles. The summed E-state index contributed by atoms with van der Waals surface area (Å²) in [4.78, 5) is 14.7. The lowest BCUT2D eigenvalue weighted by Gasteiger charge is -2.12. The quantitative estimate of drug-likeness (QED) is 0.816. The van der Waals surface area contributed by atoms with E-state index in [0.717, 1.165) is 0 Å². The van der Waals surface area contributed by atoms with Gasteiger partial charge in [-0.3, -0.25) is 0 Å². The van der Waals surface area contributed by atoms with Gasteiger partial charge in [0.1, 0.15) is 6.26 Å². The molecule has 3 N–H and O–H groups in total. The zero-order valence-electron chi connectivity index (χ0n) is 11.1. The number of hydrogen-bond acceptors (Lipinski definition) is 4. The van der Waals surface area contributed by atoms with Crippen molar-refractivity contribution in [3.63, 3.8) is 0 Å². The average molecular weight is 363 g/mol. The molecule has 5 nitrogen and oxygen atoms in total. The van der Waals surface area contributed by atoms with Crippen LogP contribution in [0.15, 0.2) is 23.1 Å². The van der Waals surface area contributed by atoms with Gasteiger partial charge in [-0.05, 0) is 29.4 Å². The van der Waals surface area contributed by atoms with E-state index in [0.29, 0.717) is 0 Å². The van der Waals surface area contributed by atoms with E-state index >= 15 is 0 Å². The Morgan fingerprint density at radius 3 is 2.64 bits per heavy atom. The normalized spacial score (nSPS) is 12.2. The van der Waals surface area contributed by atoms with Crippen LogP contribution in [-0.2, 0) is 11.2 Å². The molecule has 2 rings (SSSR count). The first kappa shape index (κ1) is 16.8. The highest BCUT2D eigenvalue weighted by atomic mass is 35.5. The Morgan fingerprint density at radius 1 is 1.45 bits per heavy atom. The minimum atomic E-state index is -1.67. The number of nitrogen functional groups attached to an aromatic ring is 1. The van der Waals surface area contributed by atoms with Crippen LogP contribution in [0, 0.1) is 5.82 Å². The molecule has 1 atom stereocenters. The van der Waals surface area contributed by atoms with Gasteiger partial charge in [0.05, 0.1) is 21.4 Å². The van der Waals surface area contributed by atoms with E-state index in [1.807, 2.05) is 0 Å². The highest BCUT2D eigenvalue weighted by molar-refractivity contribution is 7.90. The van der Waals surface area contributed by atoms with E-state index in [1.165, 1.54) is 24.5 Å². The molecule has 1 unspecified atom stereocenters. The largest absolute Gasteiger partial charge is 0.612 e. The summed E-state index contributed by atoms with van der Waals surface area (Å²) in [5.74, 6) is -2.24. The Labute approximate surface area is 138 Å². The first-order chi connectivity index (χ1) is 10.2. The molecule has 0 aliphatic heterocycles. The number of carbonyl (C=O) groups is 1. The number of aromatic carboxylic acids is 1. The lowest BCUT2D eigenvalue weighted by atomic mass is 10.1. The van der Waals surface area contributed by atoms with Crippen molar-refractivity contribution in [2.45, 2.75) is 4.90 Å². The van der Waals surface area contributed by atoms with Gasteiger partial charge in [0, 0.05) is 5.56 Å². The van der Waals surface area contributed by atoms with E-state index in [4.69, 9.17) is 34.0 Å². The smallest absolute Gasteiger partial charge is 0.356 e. The lowest BCUT2D eigenvalue weighted by Crippen LogP contribution is -2.07. The summed E-state index contributed by atoms with van der Waals surface area (Å²) in [5, 5.41) is 8.82. The van der Waals surface area contributed by atoms with Gasteiger partial charge in [0.15, 0.2) is 11.5 Å². The average Bonchev–Trinajstić information content (AvgIpc) is 2.41. The van der Waals surface area contributed by atoms with E-state index in [1.54, 1.807) is 0 Å². The highest BCUT2D eigenvalue weighted by Gasteiger charge is 2.24. The van der Waals surface area contributed by atoms with E-state index in [2.05, 4.69) is 4.98 Å². The summed E-state index contributed by atoms with van der Waals surface area (Å²) in [6.07, 6.45) is 1.28. The maximum Gasteiger partial charge on any atom is 0.356 e. The third-order valence-electron chi connectivity index (χ3n) is 2.80. The molecule has 116 valence electrons. The number of pyridine rings is 1. The fourth-order valence-electron chi connectivity index (χ4n) is 1.82. The number of hydrogen-bond donors (Lipinski definition) is 2. The van der Waals surface area contributed by atoms with Crippen molar-refractivity contribution < 1.29 is 18.8 Å². The fourth-order valence-corrected chi connectivity index (χ4v) is 3.18. The van der Waals surface area contributed by atoms with Crippen molar-refractivity contribution in [1.29, 1.82) is 0 Å². The topological polar surface area (TPSA) is 99.3 Å². The molecular formula is C13H9Cl2FN2O3S. The molecular weight excluding hydrogens is 354 g/mol. The van der Waals surface area contributed by atoms with Crippen molar-refractivity contribution in [3.05, 3.63) is 39.8 Å². The van der Waals surface area contributed by atoms with Crippen LogP contribution in [0.25, 0.3) is 11.3 Å². The summed E-state index contributed by atoms with van der Waals surface area (Å²) in [7, 11) is 0. The maximum absolute atomic E-state index is 14.5. The number of benzene rings is 1. The Bertz CT molecular complexity index is 771. The van der Waals surface area contributed by atoms with Gasteiger partial charge in [-0.1, -0.05) is 23.2 Å². The molecule has 0 fully saturated rings. The summed E-state index contributed by atoms with van der Waals surface area (Å²) in [6, 6.07) is 3.89. The van der Waals surface area contributed by atoms with Gasteiger partial charge in [-0.25, -0.2) is 14.2 Å². The van der Waals surface area contributed by atoms with Crippen LogP contribution in [0.3, 0.4) is 0 Å². The number of carboxylic acid groups (broad SMARTS) is 1. The Hall–Kier alpha value is -1.54. The molecule has 22 heavy (non-hydrogen) atoms. The van der Waals surface area contributed by atoms with Gasteiger partial charge in [-0.2, -0.15) is 0 Å². The molecule has 0 radical (unpaired) electrons.